The van der Waals surface area contributed by atoms with Gasteiger partial charge in [-0.15, -0.1) is 0 Å². The van der Waals surface area contributed by atoms with Crippen molar-refractivity contribution in [3.05, 3.63) is 29.3 Å². The molecule has 4 heteroatoms. The van der Waals surface area contributed by atoms with Crippen LogP contribution in [0.5, 0.6) is 0 Å². The minimum Gasteiger partial charge on any atom is -0.443 e. The second kappa shape index (κ2) is 2.41. The van der Waals surface area contributed by atoms with E-state index in [1.54, 1.807) is 0 Å². The zero-order valence-electron chi connectivity index (χ0n) is 7.49. The first-order valence-electron chi connectivity index (χ1n) is 4.59. The van der Waals surface area contributed by atoms with E-state index in [1.807, 2.05) is 18.2 Å². The number of amides is 1. The van der Waals surface area contributed by atoms with E-state index in [4.69, 9.17) is 10.5 Å². The Kier molecular flexibility index (Phi) is 1.32. The van der Waals surface area contributed by atoms with E-state index in [-0.39, 0.29) is 18.2 Å². The van der Waals surface area contributed by atoms with E-state index in [9.17, 15) is 4.79 Å². The molecule has 4 nitrogen and oxygen atoms in total. The van der Waals surface area contributed by atoms with Crippen LogP contribution in [0.1, 0.15) is 17.2 Å². The quantitative estimate of drug-likeness (QED) is 0.599. The van der Waals surface area contributed by atoms with E-state index in [0.29, 0.717) is 0 Å². The number of rotatable bonds is 0. The number of ether oxygens (including phenoxy) is 1. The van der Waals surface area contributed by atoms with Gasteiger partial charge in [0.05, 0.1) is 6.04 Å². The molecule has 1 unspecified atom stereocenters. The maximum absolute atomic E-state index is 11.0. The summed E-state index contributed by atoms with van der Waals surface area (Å²) in [7, 11) is 0. The maximum Gasteiger partial charge on any atom is 0.408 e. The smallest absolute Gasteiger partial charge is 0.408 e. The molecule has 1 aromatic carbocycles. The Morgan fingerprint density at radius 1 is 1.50 bits per heavy atom. The first-order valence-corrected chi connectivity index (χ1v) is 4.59. The molecule has 0 bridgehead atoms. The van der Waals surface area contributed by atoms with Crippen molar-refractivity contribution in [3.63, 3.8) is 0 Å². The molecule has 1 amide bonds. The normalized spacial score (nSPS) is 27.9. The third-order valence-electron chi connectivity index (χ3n) is 2.83. The standard InChI is InChI=1S/C10H10N2O2/c11-6-2-1-5-3-8-9(7(5)4-6)12-10(13)14-8/h1-2,4,8-9H,3,11H2,(H,12,13)/t8-,9?/m0/s1. The van der Waals surface area contributed by atoms with E-state index in [0.717, 1.165) is 17.7 Å². The zero-order valence-corrected chi connectivity index (χ0v) is 7.49. The summed E-state index contributed by atoms with van der Waals surface area (Å²) in [4.78, 5) is 11.0. The SMILES string of the molecule is Nc1ccc2c(c1)C1NC(=O)O[C@H]1C2. The Labute approximate surface area is 81.0 Å². The third kappa shape index (κ3) is 0.907. The average Bonchev–Trinajstić information content (AvgIpc) is 2.62. The Balaban J connectivity index is 2.07. The monoisotopic (exact) mass is 190 g/mol. The summed E-state index contributed by atoms with van der Waals surface area (Å²) in [6.45, 7) is 0. The maximum atomic E-state index is 11.0. The van der Waals surface area contributed by atoms with Crippen LogP contribution < -0.4 is 11.1 Å². The summed E-state index contributed by atoms with van der Waals surface area (Å²) in [6.07, 6.45) is 0.423. The van der Waals surface area contributed by atoms with Gasteiger partial charge in [-0.1, -0.05) is 6.07 Å². The van der Waals surface area contributed by atoms with Crippen LogP contribution in [0.15, 0.2) is 18.2 Å². The number of hydrogen-bond donors (Lipinski definition) is 2. The fraction of sp³-hybridized carbons (Fsp3) is 0.300. The van der Waals surface area contributed by atoms with Gasteiger partial charge >= 0.3 is 6.09 Å². The van der Waals surface area contributed by atoms with Crippen LogP contribution in [0.3, 0.4) is 0 Å². The molecule has 0 saturated carbocycles. The van der Waals surface area contributed by atoms with Crippen molar-refractivity contribution >= 4 is 11.8 Å². The van der Waals surface area contributed by atoms with Gasteiger partial charge in [0, 0.05) is 12.1 Å². The summed E-state index contributed by atoms with van der Waals surface area (Å²) in [5.41, 5.74) is 8.74. The predicted molar refractivity (Wildman–Crippen MR) is 50.7 cm³/mol. The second-order valence-corrected chi connectivity index (χ2v) is 3.73. The van der Waals surface area contributed by atoms with Gasteiger partial charge in [0.25, 0.3) is 0 Å². The summed E-state index contributed by atoms with van der Waals surface area (Å²) in [6, 6.07) is 5.79. The van der Waals surface area contributed by atoms with Crippen LogP contribution in [0.4, 0.5) is 10.5 Å². The third-order valence-corrected chi connectivity index (χ3v) is 2.83. The molecule has 3 N–H and O–H groups in total. The van der Waals surface area contributed by atoms with Gasteiger partial charge in [-0.05, 0) is 23.3 Å². The number of fused-ring (bicyclic) bond motifs is 3. The molecule has 1 aromatic rings. The number of anilines is 1. The Hall–Kier alpha value is -1.71. The summed E-state index contributed by atoms with van der Waals surface area (Å²) in [5, 5.41) is 2.78. The number of nitrogens with two attached hydrogens (primary N) is 1. The van der Waals surface area contributed by atoms with Gasteiger partial charge in [0.2, 0.25) is 0 Å². The Morgan fingerprint density at radius 2 is 2.36 bits per heavy atom. The molecule has 1 saturated heterocycles. The fourth-order valence-corrected chi connectivity index (χ4v) is 2.20. The first-order chi connectivity index (χ1) is 6.74. The predicted octanol–water partition coefficient (Wildman–Crippen LogP) is 0.974. The first kappa shape index (κ1) is 7.67. The van der Waals surface area contributed by atoms with Crippen molar-refractivity contribution in [3.8, 4) is 0 Å². The lowest BCUT2D eigenvalue weighted by molar-refractivity contribution is 0.136. The average molecular weight is 190 g/mol. The van der Waals surface area contributed by atoms with E-state index < -0.39 is 0 Å². The number of hydrogen-bond acceptors (Lipinski definition) is 3. The van der Waals surface area contributed by atoms with Gasteiger partial charge in [-0.2, -0.15) is 0 Å². The van der Waals surface area contributed by atoms with Crippen LogP contribution in [0.25, 0.3) is 0 Å². The van der Waals surface area contributed by atoms with Crippen molar-refractivity contribution < 1.29 is 9.53 Å². The van der Waals surface area contributed by atoms with Crippen LogP contribution in [0.2, 0.25) is 0 Å². The Bertz CT molecular complexity index is 417. The molecule has 2 aliphatic rings. The van der Waals surface area contributed by atoms with Crippen molar-refractivity contribution in [2.75, 3.05) is 5.73 Å². The van der Waals surface area contributed by atoms with Gasteiger partial charge < -0.3 is 15.8 Å². The molecule has 3 rings (SSSR count). The molecular formula is C10H10N2O2. The molecule has 72 valence electrons. The molecule has 0 aromatic heterocycles. The number of carbonyl (C=O) groups excluding carboxylic acids is 1. The summed E-state index contributed by atoms with van der Waals surface area (Å²) < 4.78 is 5.12. The largest absolute Gasteiger partial charge is 0.443 e. The number of nitrogen functional groups attached to an aromatic ring is 1. The minimum absolute atomic E-state index is 0.000926. The number of nitrogens with one attached hydrogen (secondary N) is 1. The molecule has 1 aliphatic carbocycles. The molecule has 14 heavy (non-hydrogen) atoms. The van der Waals surface area contributed by atoms with E-state index in [2.05, 4.69) is 5.32 Å². The Morgan fingerprint density at radius 3 is 3.21 bits per heavy atom. The molecule has 0 spiro atoms. The lowest BCUT2D eigenvalue weighted by atomic mass is 10.1. The van der Waals surface area contributed by atoms with Crippen LogP contribution >= 0.6 is 0 Å². The number of alkyl carbamates (subject to hydrolysis) is 1. The molecule has 0 radical (unpaired) electrons. The lowest BCUT2D eigenvalue weighted by Crippen LogP contribution is -2.18. The highest BCUT2D eigenvalue weighted by atomic mass is 16.6. The molecular weight excluding hydrogens is 180 g/mol. The number of carbonyl (C=O) groups is 1. The van der Waals surface area contributed by atoms with Crippen LogP contribution in [0, 0.1) is 0 Å². The molecule has 1 fully saturated rings. The second-order valence-electron chi connectivity index (χ2n) is 3.73. The van der Waals surface area contributed by atoms with Gasteiger partial charge in [-0.3, -0.25) is 0 Å². The highest BCUT2D eigenvalue weighted by Gasteiger charge is 2.41. The van der Waals surface area contributed by atoms with Gasteiger partial charge in [-0.25, -0.2) is 4.79 Å². The highest BCUT2D eigenvalue weighted by molar-refractivity contribution is 5.72. The van der Waals surface area contributed by atoms with Crippen molar-refractivity contribution in [1.82, 2.24) is 5.32 Å². The van der Waals surface area contributed by atoms with Crippen molar-refractivity contribution in [2.45, 2.75) is 18.6 Å². The van der Waals surface area contributed by atoms with Crippen molar-refractivity contribution in [2.24, 2.45) is 0 Å². The van der Waals surface area contributed by atoms with Crippen molar-refractivity contribution in [1.29, 1.82) is 0 Å². The van der Waals surface area contributed by atoms with Crippen LogP contribution in [-0.2, 0) is 11.2 Å². The van der Waals surface area contributed by atoms with E-state index >= 15 is 0 Å². The highest BCUT2D eigenvalue weighted by Crippen LogP contribution is 2.37. The lowest BCUT2D eigenvalue weighted by Gasteiger charge is -2.06. The fourth-order valence-electron chi connectivity index (χ4n) is 2.20. The molecule has 1 aliphatic heterocycles. The van der Waals surface area contributed by atoms with Gasteiger partial charge in [0.15, 0.2) is 0 Å². The molecule has 2 atom stereocenters. The van der Waals surface area contributed by atoms with Crippen LogP contribution in [-0.4, -0.2) is 12.2 Å². The zero-order chi connectivity index (χ0) is 9.71. The minimum atomic E-state index is -0.326. The summed E-state index contributed by atoms with van der Waals surface area (Å²) >= 11 is 0. The van der Waals surface area contributed by atoms with Gasteiger partial charge in [0.1, 0.15) is 6.10 Å². The topological polar surface area (TPSA) is 64.3 Å². The van der Waals surface area contributed by atoms with E-state index in [1.165, 1.54) is 5.56 Å². The summed E-state index contributed by atoms with van der Waals surface area (Å²) in [5.74, 6) is 0. The molecule has 1 heterocycles. The number of benzene rings is 1.